The number of alkyl halides is 2. The van der Waals surface area contributed by atoms with Crippen molar-refractivity contribution in [3.8, 4) is 0 Å². The lowest BCUT2D eigenvalue weighted by molar-refractivity contribution is -0.169. The summed E-state index contributed by atoms with van der Waals surface area (Å²) in [7, 11) is 0. The molecule has 0 saturated heterocycles. The maximum Gasteiger partial charge on any atom is 0.345 e. The van der Waals surface area contributed by atoms with Crippen LogP contribution in [0.5, 0.6) is 0 Å². The molecule has 0 radical (unpaired) electrons. The van der Waals surface area contributed by atoms with E-state index in [2.05, 4.69) is 31.0 Å². The van der Waals surface area contributed by atoms with Crippen LogP contribution < -0.4 is 11.1 Å². The summed E-state index contributed by atoms with van der Waals surface area (Å²) in [5.41, 5.74) is 7.18. The molecule has 1 aliphatic rings. The first-order valence-electron chi connectivity index (χ1n) is 6.58. The Balaban J connectivity index is 1.91. The van der Waals surface area contributed by atoms with Crippen molar-refractivity contribution in [2.45, 2.75) is 51.4 Å². The third-order valence-corrected chi connectivity index (χ3v) is 4.12. The SMILES string of the molecule is Cc1nc(NC2CCC(OC(F)F)CC2)c(Br)cc1N. The third kappa shape index (κ3) is 4.02. The molecule has 112 valence electrons. The highest BCUT2D eigenvalue weighted by Gasteiger charge is 2.24. The fourth-order valence-electron chi connectivity index (χ4n) is 2.38. The molecule has 0 amide bonds. The minimum atomic E-state index is -2.68. The van der Waals surface area contributed by atoms with Crippen LogP contribution in [0.3, 0.4) is 0 Å². The van der Waals surface area contributed by atoms with Crippen LogP contribution in [0.4, 0.5) is 20.3 Å². The van der Waals surface area contributed by atoms with Gasteiger partial charge in [0.1, 0.15) is 5.82 Å². The van der Waals surface area contributed by atoms with Crippen LogP contribution in [0.2, 0.25) is 0 Å². The molecule has 1 fully saturated rings. The maximum atomic E-state index is 12.1. The van der Waals surface area contributed by atoms with Crippen molar-refractivity contribution in [2.24, 2.45) is 0 Å². The van der Waals surface area contributed by atoms with Crippen LogP contribution >= 0.6 is 15.9 Å². The first-order valence-corrected chi connectivity index (χ1v) is 7.37. The van der Waals surface area contributed by atoms with E-state index in [0.29, 0.717) is 18.5 Å². The van der Waals surface area contributed by atoms with Gasteiger partial charge < -0.3 is 15.8 Å². The lowest BCUT2D eigenvalue weighted by Crippen LogP contribution is -2.31. The molecule has 1 aliphatic carbocycles. The minimum Gasteiger partial charge on any atom is -0.397 e. The molecule has 0 aliphatic heterocycles. The number of halogens is 3. The van der Waals surface area contributed by atoms with Crippen molar-refractivity contribution in [1.82, 2.24) is 4.98 Å². The van der Waals surface area contributed by atoms with Gasteiger partial charge in [0.2, 0.25) is 0 Å². The van der Waals surface area contributed by atoms with E-state index in [-0.39, 0.29) is 12.1 Å². The Morgan fingerprint density at radius 1 is 1.40 bits per heavy atom. The fourth-order valence-corrected chi connectivity index (χ4v) is 2.83. The molecule has 3 N–H and O–H groups in total. The van der Waals surface area contributed by atoms with Crippen molar-refractivity contribution in [2.75, 3.05) is 11.1 Å². The van der Waals surface area contributed by atoms with E-state index in [1.807, 2.05) is 13.0 Å². The first kappa shape index (κ1) is 15.4. The zero-order valence-corrected chi connectivity index (χ0v) is 12.8. The third-order valence-electron chi connectivity index (χ3n) is 3.52. The standard InChI is InChI=1S/C13H18BrF2N3O/c1-7-11(17)6-10(14)12(18-7)19-8-2-4-9(5-3-8)20-13(15)16/h6,8-9,13H,2-5,17H2,1H3,(H,18,19). The van der Waals surface area contributed by atoms with Crippen molar-refractivity contribution in [3.63, 3.8) is 0 Å². The molecule has 0 bridgehead atoms. The Morgan fingerprint density at radius 2 is 2.05 bits per heavy atom. The first-order chi connectivity index (χ1) is 9.45. The smallest absolute Gasteiger partial charge is 0.345 e. The highest BCUT2D eigenvalue weighted by atomic mass is 79.9. The monoisotopic (exact) mass is 349 g/mol. The van der Waals surface area contributed by atoms with E-state index in [4.69, 9.17) is 5.73 Å². The van der Waals surface area contributed by atoms with Gasteiger partial charge in [0.05, 0.1) is 22.0 Å². The highest BCUT2D eigenvalue weighted by Crippen LogP contribution is 2.29. The second-order valence-corrected chi connectivity index (χ2v) is 5.86. The number of hydrogen-bond acceptors (Lipinski definition) is 4. The van der Waals surface area contributed by atoms with Gasteiger partial charge in [-0.15, -0.1) is 0 Å². The Bertz CT molecular complexity index is 465. The van der Waals surface area contributed by atoms with Gasteiger partial charge in [-0.3, -0.25) is 0 Å². The Hall–Kier alpha value is -0.950. The van der Waals surface area contributed by atoms with Crippen LogP contribution in [0.1, 0.15) is 31.4 Å². The largest absolute Gasteiger partial charge is 0.397 e. The molecule has 2 rings (SSSR count). The molecule has 4 nitrogen and oxygen atoms in total. The lowest BCUT2D eigenvalue weighted by Gasteiger charge is -2.29. The Morgan fingerprint density at radius 3 is 2.65 bits per heavy atom. The number of aromatic nitrogens is 1. The van der Waals surface area contributed by atoms with Crippen molar-refractivity contribution in [3.05, 3.63) is 16.2 Å². The number of anilines is 2. The second-order valence-electron chi connectivity index (χ2n) is 5.01. The predicted molar refractivity (Wildman–Crippen MR) is 77.8 cm³/mol. The summed E-state index contributed by atoms with van der Waals surface area (Å²) in [4.78, 5) is 4.40. The molecule has 0 spiro atoms. The predicted octanol–water partition coefficient (Wildman–Crippen LogP) is 3.70. The number of hydrogen-bond donors (Lipinski definition) is 2. The molecule has 1 saturated carbocycles. The normalized spacial score (nSPS) is 23.1. The van der Waals surface area contributed by atoms with Crippen LogP contribution in [0.15, 0.2) is 10.5 Å². The van der Waals surface area contributed by atoms with Gasteiger partial charge in [0.15, 0.2) is 0 Å². The zero-order chi connectivity index (χ0) is 14.7. The number of nitrogen functional groups attached to an aromatic ring is 1. The van der Waals surface area contributed by atoms with E-state index in [1.165, 1.54) is 0 Å². The van der Waals surface area contributed by atoms with Gasteiger partial charge in [-0.1, -0.05) is 0 Å². The topological polar surface area (TPSA) is 60.2 Å². The lowest BCUT2D eigenvalue weighted by atomic mass is 9.93. The molecule has 1 heterocycles. The molecule has 1 aromatic rings. The number of ether oxygens (including phenoxy) is 1. The van der Waals surface area contributed by atoms with E-state index in [0.717, 1.165) is 28.8 Å². The molecule has 1 aromatic heterocycles. The van der Waals surface area contributed by atoms with Crippen LogP contribution in [-0.4, -0.2) is 23.7 Å². The van der Waals surface area contributed by atoms with E-state index in [9.17, 15) is 8.78 Å². The molecule has 0 aromatic carbocycles. The number of nitrogens with two attached hydrogens (primary N) is 1. The van der Waals surface area contributed by atoms with Gasteiger partial charge >= 0.3 is 6.61 Å². The maximum absolute atomic E-state index is 12.1. The summed E-state index contributed by atoms with van der Waals surface area (Å²) in [5, 5.41) is 3.33. The summed E-state index contributed by atoms with van der Waals surface area (Å²) >= 11 is 3.42. The number of nitrogens with one attached hydrogen (secondary N) is 1. The van der Waals surface area contributed by atoms with E-state index in [1.54, 1.807) is 0 Å². The average Bonchev–Trinajstić information content (AvgIpc) is 2.37. The fraction of sp³-hybridized carbons (Fsp3) is 0.615. The van der Waals surface area contributed by atoms with Crippen molar-refractivity contribution in [1.29, 1.82) is 0 Å². The van der Waals surface area contributed by atoms with E-state index >= 15 is 0 Å². The quantitative estimate of drug-likeness (QED) is 0.869. The van der Waals surface area contributed by atoms with Gasteiger partial charge in [-0.25, -0.2) is 4.98 Å². The number of pyridine rings is 1. The zero-order valence-electron chi connectivity index (χ0n) is 11.2. The molecule has 0 atom stereocenters. The summed E-state index contributed by atoms with van der Waals surface area (Å²) in [6.45, 7) is -0.833. The van der Waals surface area contributed by atoms with Crippen LogP contribution in [0.25, 0.3) is 0 Å². The van der Waals surface area contributed by atoms with Gasteiger partial charge in [0, 0.05) is 6.04 Å². The van der Waals surface area contributed by atoms with E-state index < -0.39 is 6.61 Å². The van der Waals surface area contributed by atoms with Gasteiger partial charge in [0.25, 0.3) is 0 Å². The molecular formula is C13H18BrF2N3O. The minimum absolute atomic E-state index is 0.222. The summed E-state index contributed by atoms with van der Waals surface area (Å²) in [6, 6.07) is 2.04. The van der Waals surface area contributed by atoms with Gasteiger partial charge in [-0.2, -0.15) is 8.78 Å². The Labute approximate surface area is 125 Å². The van der Waals surface area contributed by atoms with Gasteiger partial charge in [-0.05, 0) is 54.6 Å². The van der Waals surface area contributed by atoms with Crippen molar-refractivity contribution >= 4 is 27.4 Å². The average molecular weight is 350 g/mol. The molecule has 20 heavy (non-hydrogen) atoms. The summed E-state index contributed by atoms with van der Waals surface area (Å²) in [6.07, 6.45) is 2.50. The van der Waals surface area contributed by atoms with Crippen molar-refractivity contribution < 1.29 is 13.5 Å². The Kier molecular flexibility index (Phi) is 5.15. The number of rotatable bonds is 4. The summed E-state index contributed by atoms with van der Waals surface area (Å²) < 4.78 is 29.6. The second kappa shape index (κ2) is 6.67. The summed E-state index contributed by atoms with van der Waals surface area (Å²) in [5.74, 6) is 0.745. The molecule has 0 unspecified atom stereocenters. The van der Waals surface area contributed by atoms with Crippen LogP contribution in [0, 0.1) is 6.92 Å². The molecular weight excluding hydrogens is 332 g/mol. The van der Waals surface area contributed by atoms with Crippen LogP contribution in [-0.2, 0) is 4.74 Å². The number of aryl methyl sites for hydroxylation is 1. The molecule has 7 heteroatoms. The number of nitrogens with zero attached hydrogens (tertiary/aromatic N) is 1. The highest BCUT2D eigenvalue weighted by molar-refractivity contribution is 9.10.